The molecule has 0 atom stereocenters. The molecule has 0 saturated heterocycles. The Hall–Kier alpha value is -6.43. The van der Waals surface area contributed by atoms with Crippen molar-refractivity contribution in [1.82, 2.24) is 0 Å². The fourth-order valence-corrected chi connectivity index (χ4v) is 11.6. The van der Waals surface area contributed by atoms with Crippen LogP contribution in [0.2, 0.25) is 0 Å². The summed E-state index contributed by atoms with van der Waals surface area (Å²) in [4.78, 5) is 4.81. The first-order valence-electron chi connectivity index (χ1n) is 21.8. The summed E-state index contributed by atoms with van der Waals surface area (Å²) in [7, 11) is 0. The Kier molecular flexibility index (Phi) is 8.00. The monoisotopic (exact) mass is 819 g/mol. The van der Waals surface area contributed by atoms with Gasteiger partial charge in [0.2, 0.25) is 0 Å². The SMILES string of the molecule is CC(C)(C)c1ccc2c(c1)B1c3cc(C(C)(C)C)ccc3Oc3cc(N4c5ccccc5Sc5cc(C6(c7ccccc7)c7ccccc7-c7ccccc76)ccc54)cc(c31)O2. The van der Waals surface area contributed by atoms with Crippen LogP contribution < -0.4 is 30.8 Å². The van der Waals surface area contributed by atoms with Crippen molar-refractivity contribution in [2.24, 2.45) is 0 Å². The van der Waals surface area contributed by atoms with Crippen LogP contribution in [0.3, 0.4) is 0 Å². The lowest BCUT2D eigenvalue weighted by molar-refractivity contribution is 0.464. The Bertz CT molecular complexity index is 3020. The van der Waals surface area contributed by atoms with Gasteiger partial charge in [0.05, 0.1) is 22.5 Å². The van der Waals surface area contributed by atoms with Crippen LogP contribution in [0.5, 0.6) is 23.0 Å². The van der Waals surface area contributed by atoms with Gasteiger partial charge in [-0.1, -0.05) is 175 Å². The third-order valence-electron chi connectivity index (χ3n) is 13.6. The second kappa shape index (κ2) is 13.3. The topological polar surface area (TPSA) is 21.7 Å². The van der Waals surface area contributed by atoms with Gasteiger partial charge >= 0.3 is 0 Å². The molecule has 62 heavy (non-hydrogen) atoms. The van der Waals surface area contributed by atoms with E-state index in [9.17, 15) is 0 Å². The summed E-state index contributed by atoms with van der Waals surface area (Å²) in [6.45, 7) is 13.6. The average molecular weight is 820 g/mol. The summed E-state index contributed by atoms with van der Waals surface area (Å²) in [6, 6.07) is 62.9. The molecule has 0 aromatic heterocycles. The summed E-state index contributed by atoms with van der Waals surface area (Å²) in [5, 5.41) is 0. The molecule has 4 aliphatic rings. The molecular weight excluding hydrogens is 774 g/mol. The Morgan fingerprint density at radius 3 is 1.60 bits per heavy atom. The van der Waals surface area contributed by atoms with E-state index in [0.717, 1.165) is 45.5 Å². The predicted octanol–water partition coefficient (Wildman–Crippen LogP) is 13.3. The van der Waals surface area contributed by atoms with Crippen molar-refractivity contribution in [3.8, 4) is 34.1 Å². The minimum absolute atomic E-state index is 0.0125. The lowest BCUT2D eigenvalue weighted by Gasteiger charge is -2.38. The highest BCUT2D eigenvalue weighted by Gasteiger charge is 2.47. The first-order valence-corrected chi connectivity index (χ1v) is 22.6. The van der Waals surface area contributed by atoms with Crippen molar-refractivity contribution in [2.75, 3.05) is 4.90 Å². The van der Waals surface area contributed by atoms with E-state index in [4.69, 9.17) is 9.47 Å². The summed E-state index contributed by atoms with van der Waals surface area (Å²) < 4.78 is 14.0. The zero-order chi connectivity index (χ0) is 42.1. The van der Waals surface area contributed by atoms with E-state index in [1.54, 1.807) is 0 Å². The number of benzene rings is 8. The summed E-state index contributed by atoms with van der Waals surface area (Å²) in [5.74, 6) is 3.47. The number of hydrogen-bond donors (Lipinski definition) is 0. The van der Waals surface area contributed by atoms with Crippen molar-refractivity contribution in [3.63, 3.8) is 0 Å². The molecule has 0 radical (unpaired) electrons. The molecule has 0 unspecified atom stereocenters. The lowest BCUT2D eigenvalue weighted by atomic mass is 9.34. The molecule has 0 amide bonds. The third-order valence-corrected chi connectivity index (χ3v) is 14.7. The Labute approximate surface area is 369 Å². The van der Waals surface area contributed by atoms with Crippen LogP contribution in [0.15, 0.2) is 180 Å². The Morgan fingerprint density at radius 1 is 0.468 bits per heavy atom. The van der Waals surface area contributed by atoms with Crippen molar-refractivity contribution < 1.29 is 9.47 Å². The molecule has 12 rings (SSSR count). The van der Waals surface area contributed by atoms with Gasteiger partial charge < -0.3 is 14.4 Å². The maximum absolute atomic E-state index is 7.02. The van der Waals surface area contributed by atoms with Gasteiger partial charge in [-0.05, 0) is 103 Å². The lowest BCUT2D eigenvalue weighted by Crippen LogP contribution is -2.57. The molecule has 0 N–H and O–H groups in total. The van der Waals surface area contributed by atoms with E-state index in [1.165, 1.54) is 65.2 Å². The van der Waals surface area contributed by atoms with Gasteiger partial charge in [0.15, 0.2) is 0 Å². The van der Waals surface area contributed by atoms with E-state index in [0.29, 0.717) is 0 Å². The van der Waals surface area contributed by atoms with Crippen LogP contribution in [-0.2, 0) is 16.2 Å². The van der Waals surface area contributed by atoms with Crippen LogP contribution in [-0.4, -0.2) is 6.71 Å². The van der Waals surface area contributed by atoms with Gasteiger partial charge in [0, 0.05) is 27.4 Å². The minimum atomic E-state index is -0.487. The largest absolute Gasteiger partial charge is 0.458 e. The highest BCUT2D eigenvalue weighted by molar-refractivity contribution is 7.99. The van der Waals surface area contributed by atoms with Crippen molar-refractivity contribution in [2.45, 2.75) is 67.6 Å². The summed E-state index contributed by atoms with van der Waals surface area (Å²) >= 11 is 1.84. The van der Waals surface area contributed by atoms with Crippen molar-refractivity contribution >= 4 is 51.9 Å². The zero-order valence-electron chi connectivity index (χ0n) is 35.9. The van der Waals surface area contributed by atoms with Gasteiger partial charge in [-0.3, -0.25) is 0 Å². The van der Waals surface area contributed by atoms with Gasteiger partial charge in [-0.25, -0.2) is 0 Å². The predicted molar refractivity (Wildman–Crippen MR) is 258 cm³/mol. The van der Waals surface area contributed by atoms with E-state index < -0.39 is 5.41 Å². The molecule has 3 nitrogen and oxygen atoms in total. The highest BCUT2D eigenvalue weighted by atomic mass is 32.2. The fraction of sp³-hybridized carbons (Fsp3) is 0.158. The number of nitrogens with zero attached hydrogens (tertiary/aromatic N) is 1. The van der Waals surface area contributed by atoms with Gasteiger partial charge in [0.25, 0.3) is 6.71 Å². The van der Waals surface area contributed by atoms with Crippen molar-refractivity contribution in [3.05, 3.63) is 203 Å². The first-order chi connectivity index (χ1) is 30.0. The molecule has 3 aliphatic heterocycles. The van der Waals surface area contributed by atoms with E-state index in [1.807, 2.05) is 11.8 Å². The summed E-state index contributed by atoms with van der Waals surface area (Å²) in [5.41, 5.74) is 16.5. The van der Waals surface area contributed by atoms with E-state index in [-0.39, 0.29) is 17.5 Å². The molecule has 0 saturated carbocycles. The molecular formula is C57H46BNO2S. The van der Waals surface area contributed by atoms with Crippen LogP contribution in [0.1, 0.15) is 74.9 Å². The highest BCUT2D eigenvalue weighted by Crippen LogP contribution is 2.59. The van der Waals surface area contributed by atoms with Gasteiger partial charge in [-0.15, -0.1) is 0 Å². The van der Waals surface area contributed by atoms with Crippen LogP contribution in [0, 0.1) is 0 Å². The van der Waals surface area contributed by atoms with Gasteiger partial charge in [-0.2, -0.15) is 0 Å². The Balaban J connectivity index is 1.06. The fourth-order valence-electron chi connectivity index (χ4n) is 10.5. The molecule has 0 bridgehead atoms. The number of rotatable bonds is 3. The summed E-state index contributed by atoms with van der Waals surface area (Å²) in [6.07, 6.45) is 0. The molecule has 300 valence electrons. The smallest absolute Gasteiger partial charge is 0.260 e. The van der Waals surface area contributed by atoms with E-state index in [2.05, 4.69) is 216 Å². The first kappa shape index (κ1) is 37.3. The number of para-hydroxylation sites is 1. The average Bonchev–Trinajstić information content (AvgIpc) is 3.58. The molecule has 1 aliphatic carbocycles. The second-order valence-electron chi connectivity index (χ2n) is 19.3. The zero-order valence-corrected chi connectivity index (χ0v) is 36.7. The number of hydrogen-bond acceptors (Lipinski definition) is 4. The molecule has 5 heteroatoms. The standard InChI is InChI=1S/C57H46BNO2S/c1-55(2,3)36-25-28-48-44(30-36)58-45-31-37(56(4,5)6)26-29-49(45)61-51-34-39(33-50(60-48)54(51)58)59-46-22-14-15-23-52(46)62-53-32-38(24-27-47(53)59)57(35-16-8-7-9-17-35)42-20-12-10-18-40(42)41-19-11-13-21-43(41)57/h7-34H,1-6H3. The van der Waals surface area contributed by atoms with Crippen LogP contribution in [0.25, 0.3) is 11.1 Å². The van der Waals surface area contributed by atoms with Crippen LogP contribution >= 0.6 is 11.8 Å². The normalized spacial score (nSPS) is 14.9. The molecule has 8 aromatic rings. The van der Waals surface area contributed by atoms with E-state index >= 15 is 0 Å². The molecule has 3 heterocycles. The minimum Gasteiger partial charge on any atom is -0.458 e. The second-order valence-corrected chi connectivity index (χ2v) is 20.4. The third kappa shape index (κ3) is 5.40. The molecule has 0 spiro atoms. The molecule has 0 fully saturated rings. The van der Waals surface area contributed by atoms with Gasteiger partial charge in [0.1, 0.15) is 23.0 Å². The number of fused-ring (bicyclic) bond motifs is 9. The maximum atomic E-state index is 7.02. The maximum Gasteiger partial charge on any atom is 0.260 e. The Morgan fingerprint density at radius 2 is 1.00 bits per heavy atom. The molecule has 8 aromatic carbocycles. The van der Waals surface area contributed by atoms with Crippen molar-refractivity contribution in [1.29, 1.82) is 0 Å². The van der Waals surface area contributed by atoms with Crippen LogP contribution in [0.4, 0.5) is 17.1 Å². The number of anilines is 3. The quantitative estimate of drug-likeness (QED) is 0.166. The number of ether oxygens (including phenoxy) is 2.